The zero-order valence-corrected chi connectivity index (χ0v) is 42.9. The van der Waals surface area contributed by atoms with Gasteiger partial charge in [0.1, 0.15) is 36.0 Å². The van der Waals surface area contributed by atoms with E-state index in [1.165, 1.54) is 0 Å². The molecule has 4 saturated carbocycles. The number of ether oxygens (including phenoxy) is 6. The maximum absolute atomic E-state index is 14.3. The molecule has 0 unspecified atom stereocenters. The minimum Gasteiger partial charge on any atom is -0.460 e. The quantitative estimate of drug-likeness (QED) is 0.0403. The number of rotatable bonds is 18. The van der Waals surface area contributed by atoms with Gasteiger partial charge in [-0.2, -0.15) is 13.2 Å². The molecule has 8 rings (SSSR count). The van der Waals surface area contributed by atoms with Gasteiger partial charge in [0.2, 0.25) is 0 Å². The second-order valence-corrected chi connectivity index (χ2v) is 21.0. The van der Waals surface area contributed by atoms with Crippen LogP contribution in [0.4, 0.5) is 13.2 Å². The van der Waals surface area contributed by atoms with Crippen LogP contribution in [0.3, 0.4) is 0 Å². The molecule has 0 spiro atoms. The molecule has 4 fully saturated rings. The van der Waals surface area contributed by atoms with Crippen molar-refractivity contribution in [2.75, 3.05) is 26.4 Å². The molecule has 0 N–H and O–H groups in total. The van der Waals surface area contributed by atoms with Crippen molar-refractivity contribution >= 4 is 34.6 Å². The fourth-order valence-electron chi connectivity index (χ4n) is 11.8. The Morgan fingerprint density at radius 2 is 1.14 bits per heavy atom. The Labute approximate surface area is 431 Å². The standard InChI is InChI=1S/C58H70F3N3O10/c1-35(2)54(65)71-30-28-69-45-23-19-42(20-24-45)40-13-17-44(18-14-40)57(68)74-53-48-9-7-6-8-47(48)52(33-49(53)50-34-64(63-62-50)51-27-10-36(3)32-37(51)4)73-56(67)43-15-11-39(12-16-43)41-21-25-46(26-22-41)70-29-31-72-55(66)38(5)58(59,60)61/h6-10,27,32-34,39-46H,1,5,11-26,28-31H2,2-4H3. The third-order valence-electron chi connectivity index (χ3n) is 16.0. The maximum Gasteiger partial charge on any atom is 0.422 e. The van der Waals surface area contributed by atoms with Gasteiger partial charge in [-0.15, -0.1) is 5.10 Å². The summed E-state index contributed by atoms with van der Waals surface area (Å²) in [6, 6.07) is 15.4. The fourth-order valence-corrected chi connectivity index (χ4v) is 11.8. The number of nitrogens with zero attached hydrogens (tertiary/aromatic N) is 3. The monoisotopic (exact) mass is 1030 g/mol. The second-order valence-electron chi connectivity index (χ2n) is 21.0. The van der Waals surface area contributed by atoms with Gasteiger partial charge in [-0.25, -0.2) is 14.3 Å². The Kier molecular flexibility index (Phi) is 18.1. The maximum atomic E-state index is 14.3. The van der Waals surface area contributed by atoms with Gasteiger partial charge in [0.25, 0.3) is 0 Å². The summed E-state index contributed by atoms with van der Waals surface area (Å²) >= 11 is 0. The van der Waals surface area contributed by atoms with E-state index in [-0.39, 0.29) is 55.8 Å². The summed E-state index contributed by atoms with van der Waals surface area (Å²) in [6.07, 6.45) is 11.1. The van der Waals surface area contributed by atoms with Crippen LogP contribution in [0, 0.1) is 49.4 Å². The highest BCUT2D eigenvalue weighted by molar-refractivity contribution is 6.01. The number of carbonyl (C=O) groups excluding carboxylic acids is 4. The number of esters is 4. The molecule has 4 aliphatic rings. The molecule has 4 aliphatic carbocycles. The van der Waals surface area contributed by atoms with Gasteiger partial charge < -0.3 is 28.4 Å². The first-order valence-electron chi connectivity index (χ1n) is 26.5. The highest BCUT2D eigenvalue weighted by Gasteiger charge is 2.39. The Balaban J connectivity index is 0.891. The molecule has 0 radical (unpaired) electrons. The van der Waals surface area contributed by atoms with Crippen LogP contribution in [0.2, 0.25) is 0 Å². The topological polar surface area (TPSA) is 154 Å². The molecule has 0 amide bonds. The molecule has 3 aromatic carbocycles. The first-order chi connectivity index (χ1) is 35.5. The zero-order chi connectivity index (χ0) is 52.5. The van der Waals surface area contributed by atoms with Gasteiger partial charge in [-0.1, -0.05) is 60.3 Å². The van der Waals surface area contributed by atoms with Crippen LogP contribution in [-0.2, 0) is 38.1 Å². The molecular weight excluding hydrogens is 956 g/mol. The fraction of sp³-hybridized carbons (Fsp3) is 0.552. The highest BCUT2D eigenvalue weighted by Crippen LogP contribution is 2.46. The summed E-state index contributed by atoms with van der Waals surface area (Å²) in [5.41, 5.74) is 2.79. The van der Waals surface area contributed by atoms with Crippen LogP contribution in [0.5, 0.6) is 11.5 Å². The predicted molar refractivity (Wildman–Crippen MR) is 271 cm³/mol. The van der Waals surface area contributed by atoms with Gasteiger partial charge in [0, 0.05) is 16.3 Å². The van der Waals surface area contributed by atoms with E-state index in [0.29, 0.717) is 82.2 Å². The van der Waals surface area contributed by atoms with Crippen LogP contribution in [-0.4, -0.2) is 83.7 Å². The molecule has 0 atom stereocenters. The summed E-state index contributed by atoms with van der Waals surface area (Å²) < 4.78 is 74.5. The number of benzene rings is 3. The van der Waals surface area contributed by atoms with Gasteiger partial charge >= 0.3 is 30.1 Å². The average molecular weight is 1030 g/mol. The first-order valence-corrected chi connectivity index (χ1v) is 26.5. The van der Waals surface area contributed by atoms with Crippen LogP contribution >= 0.6 is 0 Å². The summed E-state index contributed by atoms with van der Waals surface area (Å²) in [7, 11) is 0. The molecular formula is C58H70F3N3O10. The van der Waals surface area contributed by atoms with E-state index in [9.17, 15) is 32.3 Å². The Morgan fingerprint density at radius 3 is 1.65 bits per heavy atom. The molecule has 1 heterocycles. The predicted octanol–water partition coefficient (Wildman–Crippen LogP) is 12.1. The third-order valence-corrected chi connectivity index (χ3v) is 16.0. The molecule has 74 heavy (non-hydrogen) atoms. The Morgan fingerprint density at radius 1 is 0.635 bits per heavy atom. The lowest BCUT2D eigenvalue weighted by Gasteiger charge is -2.37. The second kappa shape index (κ2) is 24.7. The molecule has 0 saturated heterocycles. The lowest BCUT2D eigenvalue weighted by molar-refractivity contribution is -0.153. The normalized spacial score (nSPS) is 24.4. The van der Waals surface area contributed by atoms with E-state index in [4.69, 9.17) is 28.4 Å². The van der Waals surface area contributed by atoms with E-state index in [2.05, 4.69) is 29.5 Å². The number of carbonyl (C=O) groups is 4. The first kappa shape index (κ1) is 54.4. The van der Waals surface area contributed by atoms with Crippen molar-refractivity contribution in [2.45, 2.75) is 142 Å². The number of aryl methyl sites for hydroxylation is 2. The van der Waals surface area contributed by atoms with Crippen LogP contribution in [0.1, 0.15) is 121 Å². The Bertz CT molecular complexity index is 2650. The van der Waals surface area contributed by atoms with Gasteiger partial charge in [-0.05, 0) is 165 Å². The molecule has 398 valence electrons. The van der Waals surface area contributed by atoms with Crippen molar-refractivity contribution in [2.24, 2.45) is 35.5 Å². The lowest BCUT2D eigenvalue weighted by atomic mass is 9.70. The summed E-state index contributed by atoms with van der Waals surface area (Å²) in [5, 5.41) is 10.4. The van der Waals surface area contributed by atoms with Crippen molar-refractivity contribution in [1.29, 1.82) is 0 Å². The van der Waals surface area contributed by atoms with Gasteiger partial charge in [0.15, 0.2) is 0 Å². The number of aromatic nitrogens is 3. The van der Waals surface area contributed by atoms with E-state index in [1.54, 1.807) is 17.7 Å². The summed E-state index contributed by atoms with van der Waals surface area (Å²) in [4.78, 5) is 51.8. The molecule has 4 aromatic rings. The van der Waals surface area contributed by atoms with E-state index in [0.717, 1.165) is 107 Å². The smallest absolute Gasteiger partial charge is 0.422 e. The van der Waals surface area contributed by atoms with Crippen LogP contribution in [0.15, 0.2) is 79.0 Å². The zero-order valence-electron chi connectivity index (χ0n) is 42.9. The van der Waals surface area contributed by atoms with Crippen molar-refractivity contribution in [3.05, 3.63) is 90.2 Å². The lowest BCUT2D eigenvalue weighted by Crippen LogP contribution is -2.32. The van der Waals surface area contributed by atoms with Crippen molar-refractivity contribution in [1.82, 2.24) is 15.0 Å². The number of hydrogen-bond donors (Lipinski definition) is 0. The van der Waals surface area contributed by atoms with E-state index in [1.807, 2.05) is 56.4 Å². The van der Waals surface area contributed by atoms with E-state index < -0.39 is 23.7 Å². The number of alkyl halides is 3. The van der Waals surface area contributed by atoms with E-state index >= 15 is 0 Å². The van der Waals surface area contributed by atoms with Gasteiger partial charge in [-0.3, -0.25) is 9.59 Å². The van der Waals surface area contributed by atoms with Crippen LogP contribution in [0.25, 0.3) is 27.7 Å². The minimum atomic E-state index is -4.83. The molecule has 13 nitrogen and oxygen atoms in total. The SMILES string of the molecule is C=C(C)C(=O)OCCOC1CCC(C2CCC(C(=O)Oc3c(-c4cn(-c5ccc(C)cc5C)nn4)cc(OC(=O)C4CCC(C5CCC(OCCOC(=O)C(=C)C(F)(F)F)CC5)CC4)c4ccccc34)CC2)CC1. The highest BCUT2D eigenvalue weighted by atomic mass is 19.4. The number of hydrogen-bond acceptors (Lipinski definition) is 12. The molecule has 0 bridgehead atoms. The minimum absolute atomic E-state index is 0.0140. The average Bonchev–Trinajstić information content (AvgIpc) is 3.89. The molecule has 1 aromatic heterocycles. The summed E-state index contributed by atoms with van der Waals surface area (Å²) in [6.45, 7) is 12.4. The molecule has 16 heteroatoms. The Hall–Kier alpha value is -5.87. The van der Waals surface area contributed by atoms with Crippen molar-refractivity contribution in [3.63, 3.8) is 0 Å². The van der Waals surface area contributed by atoms with Gasteiger partial charge in [0.05, 0.1) is 54.7 Å². The largest absolute Gasteiger partial charge is 0.460 e. The number of halogens is 3. The van der Waals surface area contributed by atoms with Crippen molar-refractivity contribution < 1.29 is 60.8 Å². The third kappa shape index (κ3) is 13.7. The van der Waals surface area contributed by atoms with Crippen molar-refractivity contribution in [3.8, 4) is 28.4 Å². The summed E-state index contributed by atoms with van der Waals surface area (Å²) in [5.74, 6) is -0.332. The van der Waals surface area contributed by atoms with Crippen LogP contribution < -0.4 is 9.47 Å². The number of fused-ring (bicyclic) bond motifs is 1. The molecule has 0 aliphatic heterocycles.